The molecule has 0 spiro atoms. The van der Waals surface area contributed by atoms with Crippen molar-refractivity contribution < 1.29 is 20.1 Å². The van der Waals surface area contributed by atoms with Gasteiger partial charge in [-0.25, -0.2) is 0 Å². The molecule has 0 aliphatic heterocycles. The average molecular weight is 225 g/mol. The van der Waals surface area contributed by atoms with Gasteiger partial charge in [0.25, 0.3) is 0 Å². The molecule has 0 aliphatic carbocycles. The van der Waals surface area contributed by atoms with Crippen LogP contribution in [0.4, 0.5) is 0 Å². The Morgan fingerprint density at radius 2 is 1.53 bits per heavy atom. The fourth-order valence-corrected chi connectivity index (χ4v) is 1.24. The molecule has 0 atom stereocenters. The zero-order valence-electron chi connectivity index (χ0n) is 8.92. The minimum Gasteiger partial charge on any atom is -0.870 e. The minimum absolute atomic E-state index is 0. The van der Waals surface area contributed by atoms with Crippen LogP contribution in [-0.2, 0) is 0 Å². The Bertz CT molecular complexity index is 514. The van der Waals surface area contributed by atoms with Gasteiger partial charge in [0.1, 0.15) is 17.2 Å². The van der Waals surface area contributed by atoms with E-state index < -0.39 is 11.5 Å². The minimum atomic E-state index is -0.634. The molecule has 0 fully saturated rings. The number of para-hydroxylation sites is 3. The van der Waals surface area contributed by atoms with E-state index in [1.165, 1.54) is 30.3 Å². The molecule has 2 aromatic rings. The maximum Gasteiger partial charge on any atom is 2.00 e. The van der Waals surface area contributed by atoms with Gasteiger partial charge < -0.3 is 20.1 Å². The first-order valence-electron chi connectivity index (χ1n) is 4.61. The van der Waals surface area contributed by atoms with Crippen molar-refractivity contribution in [1.82, 2.24) is 0 Å². The summed E-state index contributed by atoms with van der Waals surface area (Å²) in [4.78, 5) is 0. The quantitative estimate of drug-likeness (QED) is 0.772. The molecule has 0 aromatic heterocycles. The molecular formula is C12H8BeO4. The maximum atomic E-state index is 11.4. The van der Waals surface area contributed by atoms with E-state index in [2.05, 4.69) is 0 Å². The predicted octanol–water partition coefficient (Wildman–Crippen LogP) is 0.951. The van der Waals surface area contributed by atoms with Crippen LogP contribution in [0, 0.1) is 0 Å². The number of aromatic hydroxyl groups is 1. The fraction of sp³-hybridized carbons (Fsp3) is 0. The molecule has 0 saturated carbocycles. The van der Waals surface area contributed by atoms with E-state index in [-0.39, 0.29) is 27.4 Å². The third-order valence-electron chi connectivity index (χ3n) is 2.03. The van der Waals surface area contributed by atoms with E-state index >= 15 is 0 Å². The molecule has 4 nitrogen and oxygen atoms in total. The first-order chi connectivity index (χ1) is 7.68. The first kappa shape index (κ1) is 12.9. The van der Waals surface area contributed by atoms with Crippen molar-refractivity contribution in [3.05, 3.63) is 42.5 Å². The number of hydrogen-bond acceptors (Lipinski definition) is 4. The Hall–Kier alpha value is -2.19. The number of phenolic OH excluding ortho intramolecular Hbond substituents is 1. The van der Waals surface area contributed by atoms with Gasteiger partial charge in [-0.05, 0) is 23.9 Å². The molecule has 0 amide bonds. The molecular weight excluding hydrogens is 217 g/mol. The summed E-state index contributed by atoms with van der Waals surface area (Å²) in [6.07, 6.45) is 0. The van der Waals surface area contributed by atoms with Crippen LogP contribution in [0.1, 0.15) is 0 Å². The van der Waals surface area contributed by atoms with Gasteiger partial charge in [-0.15, -0.1) is 0 Å². The second-order valence-corrected chi connectivity index (χ2v) is 3.15. The second-order valence-electron chi connectivity index (χ2n) is 3.15. The summed E-state index contributed by atoms with van der Waals surface area (Å²) in [6.45, 7) is 0. The Morgan fingerprint density at radius 1 is 0.882 bits per heavy atom. The summed E-state index contributed by atoms with van der Waals surface area (Å²) in [7, 11) is 0. The van der Waals surface area contributed by atoms with Crippen LogP contribution >= 0.6 is 0 Å². The van der Waals surface area contributed by atoms with Crippen LogP contribution in [0.15, 0.2) is 42.5 Å². The van der Waals surface area contributed by atoms with Crippen LogP contribution in [-0.4, -0.2) is 15.2 Å². The third-order valence-corrected chi connectivity index (χ3v) is 2.03. The predicted molar refractivity (Wildman–Crippen MR) is 59.3 cm³/mol. The molecule has 17 heavy (non-hydrogen) atoms. The van der Waals surface area contributed by atoms with Gasteiger partial charge >= 0.3 is 10.1 Å². The van der Waals surface area contributed by atoms with Crippen LogP contribution in [0.2, 0.25) is 0 Å². The molecule has 0 saturated heterocycles. The van der Waals surface area contributed by atoms with E-state index in [9.17, 15) is 15.3 Å². The normalized spacial score (nSPS) is 9.41. The first-order valence-corrected chi connectivity index (χ1v) is 4.61. The summed E-state index contributed by atoms with van der Waals surface area (Å²) in [5, 5.41) is 31.9. The van der Waals surface area contributed by atoms with E-state index in [0.717, 1.165) is 0 Å². The van der Waals surface area contributed by atoms with Gasteiger partial charge in [0.2, 0.25) is 0 Å². The largest absolute Gasteiger partial charge is 2.00 e. The average Bonchev–Trinajstić information content (AvgIpc) is 2.28. The van der Waals surface area contributed by atoms with Gasteiger partial charge in [0, 0.05) is 0 Å². The molecule has 2 aromatic carbocycles. The number of hydrogen-bond donors (Lipinski definition) is 1. The topological polar surface area (TPSA) is 75.6 Å². The Morgan fingerprint density at radius 3 is 2.24 bits per heavy atom. The smallest absolute Gasteiger partial charge is 0.870 e. The molecule has 0 aliphatic rings. The molecule has 1 N–H and O–H groups in total. The van der Waals surface area contributed by atoms with Crippen molar-refractivity contribution in [2.75, 3.05) is 0 Å². The summed E-state index contributed by atoms with van der Waals surface area (Å²) < 4.78 is 5.14. The van der Waals surface area contributed by atoms with E-state index in [1.54, 1.807) is 12.1 Å². The fourth-order valence-electron chi connectivity index (χ4n) is 1.24. The van der Waals surface area contributed by atoms with Crippen molar-refractivity contribution in [3.63, 3.8) is 0 Å². The summed E-state index contributed by atoms with van der Waals surface area (Å²) in [5.41, 5.74) is 0. The Balaban J connectivity index is 0.00000144. The molecule has 5 heteroatoms. The molecule has 2 rings (SSSR count). The van der Waals surface area contributed by atoms with Crippen molar-refractivity contribution in [3.8, 4) is 28.7 Å². The van der Waals surface area contributed by atoms with Crippen molar-refractivity contribution in [2.24, 2.45) is 0 Å². The molecule has 0 bridgehead atoms. The standard InChI is InChI=1S/C12H10O4.Be/c13-8-4-1-2-6-10(8)16-11-7-3-5-9(14)12(11)15;/h1-7,13-15H;/q;+2/p-2. The van der Waals surface area contributed by atoms with E-state index in [0.29, 0.717) is 0 Å². The van der Waals surface area contributed by atoms with Gasteiger partial charge in [0.05, 0.1) is 0 Å². The molecule has 82 valence electrons. The van der Waals surface area contributed by atoms with Crippen LogP contribution in [0.3, 0.4) is 0 Å². The van der Waals surface area contributed by atoms with Gasteiger partial charge in [-0.2, -0.15) is 0 Å². The summed E-state index contributed by atoms with van der Waals surface area (Å²) >= 11 is 0. The Labute approximate surface area is 102 Å². The monoisotopic (exact) mass is 225 g/mol. The third kappa shape index (κ3) is 2.68. The van der Waals surface area contributed by atoms with Crippen molar-refractivity contribution >= 4 is 10.1 Å². The van der Waals surface area contributed by atoms with Crippen LogP contribution in [0.5, 0.6) is 28.7 Å². The number of phenols is 1. The second kappa shape index (κ2) is 5.23. The van der Waals surface area contributed by atoms with Gasteiger partial charge in [-0.1, -0.05) is 30.0 Å². The van der Waals surface area contributed by atoms with E-state index in [1.807, 2.05) is 0 Å². The van der Waals surface area contributed by atoms with Crippen LogP contribution < -0.4 is 14.9 Å². The van der Waals surface area contributed by atoms with Crippen molar-refractivity contribution in [1.29, 1.82) is 0 Å². The zero-order chi connectivity index (χ0) is 11.5. The van der Waals surface area contributed by atoms with Gasteiger partial charge in [0.15, 0.2) is 0 Å². The van der Waals surface area contributed by atoms with Crippen LogP contribution in [0.25, 0.3) is 0 Å². The molecule has 0 unspecified atom stereocenters. The maximum absolute atomic E-state index is 11.4. The molecule has 0 heterocycles. The zero-order valence-corrected chi connectivity index (χ0v) is 8.92. The number of benzene rings is 2. The Kier molecular flexibility index (Phi) is 3.96. The summed E-state index contributed by atoms with van der Waals surface area (Å²) in [5.74, 6) is -1.36. The van der Waals surface area contributed by atoms with Gasteiger partial charge in [-0.3, -0.25) is 0 Å². The summed E-state index contributed by atoms with van der Waals surface area (Å²) in [6, 6.07) is 10.1. The molecule has 0 radical (unpaired) electrons. The number of ether oxygens (including phenoxy) is 1. The number of rotatable bonds is 2. The van der Waals surface area contributed by atoms with E-state index in [4.69, 9.17) is 4.74 Å². The van der Waals surface area contributed by atoms with Crippen molar-refractivity contribution in [2.45, 2.75) is 0 Å². The SMILES string of the molecule is [Be+2].[O-]c1ccccc1Oc1cccc(O)c1[O-].